The zero-order valence-corrected chi connectivity index (χ0v) is 15.8. The van der Waals surface area contributed by atoms with Crippen LogP contribution >= 0.6 is 0 Å². The van der Waals surface area contributed by atoms with E-state index in [9.17, 15) is 9.59 Å². The molecule has 1 aromatic rings. The van der Waals surface area contributed by atoms with Crippen LogP contribution in [0, 0.1) is 5.92 Å². The largest absolute Gasteiger partial charge is 0.342 e. The van der Waals surface area contributed by atoms with Crippen LogP contribution in [-0.2, 0) is 11.3 Å². The lowest BCUT2D eigenvalue weighted by Crippen LogP contribution is -2.35. The highest BCUT2D eigenvalue weighted by Crippen LogP contribution is 2.22. The number of nitrogens with zero attached hydrogens (tertiary/aromatic N) is 2. The molecule has 1 aromatic carbocycles. The molecule has 0 radical (unpaired) electrons. The average molecular weight is 345 g/mol. The maximum absolute atomic E-state index is 12.6. The van der Waals surface area contributed by atoms with Crippen molar-refractivity contribution in [3.05, 3.63) is 29.8 Å². The summed E-state index contributed by atoms with van der Waals surface area (Å²) in [6.07, 6.45) is 5.90. The summed E-state index contributed by atoms with van der Waals surface area (Å²) in [6.45, 7) is 5.99. The Morgan fingerprint density at radius 3 is 2.80 bits per heavy atom. The summed E-state index contributed by atoms with van der Waals surface area (Å²) in [7, 11) is 1.78. The van der Waals surface area contributed by atoms with Crippen molar-refractivity contribution in [2.24, 2.45) is 5.92 Å². The summed E-state index contributed by atoms with van der Waals surface area (Å²) in [6, 6.07) is 7.70. The lowest BCUT2D eigenvalue weighted by Gasteiger charge is -2.21. The first-order valence-corrected chi connectivity index (χ1v) is 9.36. The quantitative estimate of drug-likeness (QED) is 0.873. The van der Waals surface area contributed by atoms with E-state index in [0.717, 1.165) is 43.1 Å². The standard InChI is InChI=1S/C20H31N3O2/c1-4-7-17-9-6-12-23(13-11-17)20(25)21-19-10-5-8-18(14-19)15-22(3)16(2)24/h5,8,10,14,17H,4,6-7,9,11-13,15H2,1-3H3,(H,21,25). The molecule has 1 N–H and O–H groups in total. The highest BCUT2D eigenvalue weighted by Gasteiger charge is 2.20. The van der Waals surface area contributed by atoms with Crippen LogP contribution in [-0.4, -0.2) is 41.9 Å². The van der Waals surface area contributed by atoms with Gasteiger partial charge in [0.1, 0.15) is 0 Å². The van der Waals surface area contributed by atoms with Gasteiger partial charge in [-0.2, -0.15) is 0 Å². The summed E-state index contributed by atoms with van der Waals surface area (Å²) in [5.74, 6) is 0.786. The first-order valence-electron chi connectivity index (χ1n) is 9.36. The number of hydrogen-bond donors (Lipinski definition) is 1. The number of rotatable bonds is 5. The van der Waals surface area contributed by atoms with Crippen molar-refractivity contribution in [3.63, 3.8) is 0 Å². The van der Waals surface area contributed by atoms with E-state index in [1.807, 2.05) is 29.2 Å². The molecule has 1 saturated heterocycles. The zero-order valence-electron chi connectivity index (χ0n) is 15.8. The minimum absolute atomic E-state index is 0.0192. The Bertz CT molecular complexity index is 588. The molecular weight excluding hydrogens is 314 g/mol. The van der Waals surface area contributed by atoms with Gasteiger partial charge in [0.2, 0.25) is 5.91 Å². The first-order chi connectivity index (χ1) is 12.0. The molecule has 5 heteroatoms. The summed E-state index contributed by atoms with van der Waals surface area (Å²) in [5.41, 5.74) is 1.79. The predicted molar refractivity (Wildman–Crippen MR) is 101 cm³/mol. The number of hydrogen-bond acceptors (Lipinski definition) is 2. The lowest BCUT2D eigenvalue weighted by molar-refractivity contribution is -0.128. The monoisotopic (exact) mass is 345 g/mol. The van der Waals surface area contributed by atoms with E-state index in [2.05, 4.69) is 12.2 Å². The third kappa shape index (κ3) is 6.07. The summed E-state index contributed by atoms with van der Waals surface area (Å²) in [4.78, 5) is 27.5. The van der Waals surface area contributed by atoms with Gasteiger partial charge in [-0.15, -0.1) is 0 Å². The molecule has 5 nitrogen and oxygen atoms in total. The number of carbonyl (C=O) groups is 2. The highest BCUT2D eigenvalue weighted by atomic mass is 16.2. The van der Waals surface area contributed by atoms with Gasteiger partial charge in [0.15, 0.2) is 0 Å². The smallest absolute Gasteiger partial charge is 0.321 e. The Kier molecular flexibility index (Phi) is 7.29. The molecule has 0 bridgehead atoms. The maximum Gasteiger partial charge on any atom is 0.321 e. The van der Waals surface area contributed by atoms with E-state index in [0.29, 0.717) is 6.54 Å². The second-order valence-electron chi connectivity index (χ2n) is 7.08. The van der Waals surface area contributed by atoms with E-state index in [1.165, 1.54) is 19.3 Å². The number of anilines is 1. The van der Waals surface area contributed by atoms with Gasteiger partial charge in [-0.05, 0) is 42.9 Å². The molecule has 0 aliphatic carbocycles. The third-order valence-electron chi connectivity index (χ3n) is 4.97. The summed E-state index contributed by atoms with van der Waals surface area (Å²) in [5, 5.41) is 3.01. The Morgan fingerprint density at radius 1 is 1.28 bits per heavy atom. The molecule has 0 saturated carbocycles. The van der Waals surface area contributed by atoms with E-state index in [4.69, 9.17) is 0 Å². The fraction of sp³-hybridized carbons (Fsp3) is 0.600. The van der Waals surface area contributed by atoms with Crippen LogP contribution in [0.5, 0.6) is 0 Å². The summed E-state index contributed by atoms with van der Waals surface area (Å²) >= 11 is 0. The van der Waals surface area contributed by atoms with Gasteiger partial charge in [-0.3, -0.25) is 4.79 Å². The van der Waals surface area contributed by atoms with Crippen LogP contribution in [0.25, 0.3) is 0 Å². The predicted octanol–water partition coefficient (Wildman–Crippen LogP) is 4.10. The maximum atomic E-state index is 12.6. The molecule has 0 aromatic heterocycles. The van der Waals surface area contributed by atoms with Gasteiger partial charge in [0, 0.05) is 39.3 Å². The van der Waals surface area contributed by atoms with Gasteiger partial charge in [0.25, 0.3) is 0 Å². The van der Waals surface area contributed by atoms with E-state index in [-0.39, 0.29) is 11.9 Å². The molecule has 25 heavy (non-hydrogen) atoms. The molecule has 1 heterocycles. The van der Waals surface area contributed by atoms with Crippen LogP contribution in [0.15, 0.2) is 24.3 Å². The molecule has 0 spiro atoms. The molecule has 2 rings (SSSR count). The van der Waals surface area contributed by atoms with Crippen molar-refractivity contribution in [1.29, 1.82) is 0 Å². The second-order valence-corrected chi connectivity index (χ2v) is 7.08. The number of likely N-dealkylation sites (tertiary alicyclic amines) is 1. The van der Waals surface area contributed by atoms with Crippen LogP contribution in [0.3, 0.4) is 0 Å². The number of carbonyl (C=O) groups excluding carboxylic acids is 2. The normalized spacial score (nSPS) is 17.7. The Labute approximate surface area is 151 Å². The van der Waals surface area contributed by atoms with Gasteiger partial charge < -0.3 is 15.1 Å². The molecule has 1 aliphatic rings. The fourth-order valence-corrected chi connectivity index (χ4v) is 3.40. The number of amides is 3. The molecule has 1 fully saturated rings. The minimum atomic E-state index is -0.0192. The third-order valence-corrected chi connectivity index (χ3v) is 4.97. The molecule has 3 amide bonds. The molecule has 1 unspecified atom stereocenters. The van der Waals surface area contributed by atoms with Crippen LogP contribution in [0.2, 0.25) is 0 Å². The Balaban J connectivity index is 1.92. The highest BCUT2D eigenvalue weighted by molar-refractivity contribution is 5.89. The summed E-state index contributed by atoms with van der Waals surface area (Å²) < 4.78 is 0. The number of urea groups is 1. The van der Waals surface area contributed by atoms with Crippen molar-refractivity contribution < 1.29 is 9.59 Å². The first kappa shape index (κ1) is 19.3. The fourth-order valence-electron chi connectivity index (χ4n) is 3.40. The molecule has 1 aliphatic heterocycles. The van der Waals surface area contributed by atoms with Gasteiger partial charge >= 0.3 is 6.03 Å². The topological polar surface area (TPSA) is 52.7 Å². The Morgan fingerprint density at radius 2 is 2.08 bits per heavy atom. The molecular formula is C20H31N3O2. The molecule has 1 atom stereocenters. The van der Waals surface area contributed by atoms with Crippen LogP contribution in [0.1, 0.15) is 51.5 Å². The van der Waals surface area contributed by atoms with Crippen molar-refractivity contribution >= 4 is 17.6 Å². The van der Waals surface area contributed by atoms with E-state index < -0.39 is 0 Å². The van der Waals surface area contributed by atoms with Crippen molar-refractivity contribution in [3.8, 4) is 0 Å². The number of nitrogens with one attached hydrogen (secondary N) is 1. The van der Waals surface area contributed by atoms with Crippen molar-refractivity contribution in [1.82, 2.24) is 9.80 Å². The Hall–Kier alpha value is -2.04. The van der Waals surface area contributed by atoms with Crippen LogP contribution in [0.4, 0.5) is 10.5 Å². The number of benzene rings is 1. The SMILES string of the molecule is CCCC1CCCN(C(=O)Nc2cccc(CN(C)C(C)=O)c2)CC1. The lowest BCUT2D eigenvalue weighted by atomic mass is 9.96. The second kappa shape index (κ2) is 9.44. The minimum Gasteiger partial charge on any atom is -0.342 e. The van der Waals surface area contributed by atoms with E-state index in [1.54, 1.807) is 18.9 Å². The van der Waals surface area contributed by atoms with Crippen molar-refractivity contribution in [2.45, 2.75) is 52.5 Å². The van der Waals surface area contributed by atoms with Gasteiger partial charge in [-0.1, -0.05) is 31.9 Å². The van der Waals surface area contributed by atoms with Crippen LogP contribution < -0.4 is 5.32 Å². The zero-order chi connectivity index (χ0) is 18.2. The van der Waals surface area contributed by atoms with Crippen molar-refractivity contribution in [2.75, 3.05) is 25.5 Å². The van der Waals surface area contributed by atoms with E-state index >= 15 is 0 Å². The van der Waals surface area contributed by atoms with Gasteiger partial charge in [0.05, 0.1) is 0 Å². The average Bonchev–Trinajstić information content (AvgIpc) is 2.81. The van der Waals surface area contributed by atoms with Gasteiger partial charge in [-0.25, -0.2) is 4.79 Å². The molecule has 138 valence electrons.